The Morgan fingerprint density at radius 1 is 0.962 bits per heavy atom. The summed E-state index contributed by atoms with van der Waals surface area (Å²) in [5.74, 6) is 0.366. The van der Waals surface area contributed by atoms with Gasteiger partial charge in [-0.3, -0.25) is 0 Å². The molecule has 4 heterocycles. The van der Waals surface area contributed by atoms with Gasteiger partial charge in [0.15, 0.2) is 22.8 Å². The number of hydrogen-bond donors (Lipinski definition) is 1. The number of benzene rings is 1. The highest BCUT2D eigenvalue weighted by atomic mass is 79.9. The van der Waals surface area contributed by atoms with Crippen LogP contribution in [-0.4, -0.2) is 87.9 Å². The van der Waals surface area contributed by atoms with E-state index in [-0.39, 0.29) is 24.4 Å². The summed E-state index contributed by atoms with van der Waals surface area (Å²) < 4.78 is 20.7. The number of nitrogens with one attached hydrogen (secondary N) is 1. The molecule has 0 spiro atoms. The quantitative estimate of drug-likeness (QED) is 0.220. The molecule has 1 atom stereocenters. The third kappa shape index (κ3) is 8.71. The Balaban J connectivity index is 1.53. The predicted molar refractivity (Wildman–Crippen MR) is 195 cm³/mol. The van der Waals surface area contributed by atoms with Crippen molar-refractivity contribution < 1.29 is 28.6 Å². The van der Waals surface area contributed by atoms with Crippen LogP contribution in [0.25, 0.3) is 11.2 Å². The zero-order chi connectivity index (χ0) is 38.4. The van der Waals surface area contributed by atoms with E-state index in [1.54, 1.807) is 86.3 Å². The molecular weight excluding hydrogens is 762 g/mol. The van der Waals surface area contributed by atoms with Crippen molar-refractivity contribution in [3.63, 3.8) is 0 Å². The lowest BCUT2D eigenvalue weighted by Crippen LogP contribution is -2.51. The van der Waals surface area contributed by atoms with Gasteiger partial charge in [0.25, 0.3) is 0 Å². The smallest absolute Gasteiger partial charge is 0.425 e. The van der Waals surface area contributed by atoms with Crippen LogP contribution in [0, 0.1) is 0 Å². The minimum atomic E-state index is -0.997. The van der Waals surface area contributed by atoms with Gasteiger partial charge in [-0.15, -0.1) is 5.10 Å². The van der Waals surface area contributed by atoms with Crippen LogP contribution >= 0.6 is 27.5 Å². The Labute approximate surface area is 314 Å². The lowest BCUT2D eigenvalue weighted by atomic mass is 9.97. The zero-order valence-electron chi connectivity index (χ0n) is 30.8. The van der Waals surface area contributed by atoms with Crippen molar-refractivity contribution in [3.05, 3.63) is 45.7 Å². The molecule has 0 unspecified atom stereocenters. The predicted octanol–water partition coefficient (Wildman–Crippen LogP) is 6.12. The van der Waals surface area contributed by atoms with Gasteiger partial charge in [-0.1, -0.05) is 27.5 Å². The molecule has 19 heteroatoms. The van der Waals surface area contributed by atoms with E-state index in [0.717, 1.165) is 16.2 Å². The fourth-order valence-corrected chi connectivity index (χ4v) is 6.62. The van der Waals surface area contributed by atoms with Crippen molar-refractivity contribution >= 4 is 68.5 Å². The number of alkyl carbamates (subject to hydrolysis) is 1. The summed E-state index contributed by atoms with van der Waals surface area (Å²) in [4.78, 5) is 56.1. The highest BCUT2D eigenvalue weighted by molar-refractivity contribution is 9.10. The molecule has 1 N–H and O–H groups in total. The molecule has 1 saturated heterocycles. The van der Waals surface area contributed by atoms with Crippen molar-refractivity contribution in [3.8, 4) is 0 Å². The Hall–Kier alpha value is -4.58. The van der Waals surface area contributed by atoms with E-state index in [0.29, 0.717) is 33.9 Å². The third-order valence-electron chi connectivity index (χ3n) is 7.61. The van der Waals surface area contributed by atoms with Crippen molar-refractivity contribution in [1.29, 1.82) is 0 Å². The van der Waals surface area contributed by atoms with E-state index in [1.807, 2.05) is 6.07 Å². The van der Waals surface area contributed by atoms with Crippen molar-refractivity contribution in [2.24, 2.45) is 7.05 Å². The molecule has 1 fully saturated rings. The third-order valence-corrected chi connectivity index (χ3v) is 8.54. The highest BCUT2D eigenvalue weighted by Gasteiger charge is 2.46. The Kier molecular flexibility index (Phi) is 10.5. The van der Waals surface area contributed by atoms with E-state index in [1.165, 1.54) is 11.0 Å². The zero-order valence-corrected chi connectivity index (χ0v) is 33.2. The van der Waals surface area contributed by atoms with Crippen LogP contribution in [-0.2, 0) is 33.3 Å². The molecule has 5 rings (SSSR count). The molecule has 0 aliphatic carbocycles. The summed E-state index contributed by atoms with van der Waals surface area (Å²) in [7, 11) is 1.71. The molecule has 3 amide bonds. The number of fused-ring (bicyclic) bond motifs is 1. The summed E-state index contributed by atoms with van der Waals surface area (Å²) in [6.45, 7) is 16.5. The summed E-state index contributed by atoms with van der Waals surface area (Å²) >= 11 is 10.3. The Morgan fingerprint density at radius 3 is 2.17 bits per heavy atom. The molecule has 4 aromatic rings. The van der Waals surface area contributed by atoms with Crippen LogP contribution in [0.2, 0.25) is 5.02 Å². The van der Waals surface area contributed by atoms with Gasteiger partial charge in [0.1, 0.15) is 28.7 Å². The van der Waals surface area contributed by atoms with Crippen molar-refractivity contribution in [1.82, 2.24) is 45.0 Å². The summed E-state index contributed by atoms with van der Waals surface area (Å²) in [5.41, 5.74) is -1.47. The number of aryl methyl sites for hydroxylation is 1. The van der Waals surface area contributed by atoms with Gasteiger partial charge in [0.05, 0.1) is 12.9 Å². The van der Waals surface area contributed by atoms with Gasteiger partial charge in [0.2, 0.25) is 0 Å². The largest absolute Gasteiger partial charge is 0.444 e. The number of amides is 3. The van der Waals surface area contributed by atoms with Gasteiger partial charge in [0, 0.05) is 40.9 Å². The number of hydrogen-bond acceptors (Lipinski definition) is 13. The number of halogens is 2. The van der Waals surface area contributed by atoms with E-state index in [2.05, 4.69) is 56.6 Å². The minimum Gasteiger partial charge on any atom is -0.444 e. The maximum Gasteiger partial charge on any atom is 0.425 e. The van der Waals surface area contributed by atoms with Crippen LogP contribution in [0.5, 0.6) is 0 Å². The molecule has 3 aromatic heterocycles. The normalized spacial score (nSPS) is 16.6. The first kappa shape index (κ1) is 38.6. The number of imidazole rings is 1. The molecule has 0 bridgehead atoms. The average molecular weight is 805 g/mol. The van der Waals surface area contributed by atoms with Gasteiger partial charge >= 0.3 is 18.3 Å². The maximum absolute atomic E-state index is 13.4. The van der Waals surface area contributed by atoms with Gasteiger partial charge < -0.3 is 29.0 Å². The molecule has 0 saturated carbocycles. The minimum absolute atomic E-state index is 0.0996. The number of imide groups is 1. The monoisotopic (exact) mass is 803 g/mol. The van der Waals surface area contributed by atoms with Crippen LogP contribution in [0.1, 0.15) is 80.1 Å². The number of nitrogens with zero attached hydrogens (tertiary/aromatic N) is 10. The maximum atomic E-state index is 13.4. The Morgan fingerprint density at radius 2 is 1.60 bits per heavy atom. The first-order valence-electron chi connectivity index (χ1n) is 16.4. The lowest BCUT2D eigenvalue weighted by Gasteiger charge is -2.31. The first-order valence-corrected chi connectivity index (χ1v) is 17.6. The number of tetrazole rings is 1. The molecular formula is C33H43BrClN11O6. The molecule has 0 radical (unpaired) electrons. The number of carbonyl (C=O) groups excluding carboxylic acids is 3. The van der Waals surface area contributed by atoms with E-state index in [4.69, 9.17) is 25.8 Å². The highest BCUT2D eigenvalue weighted by Crippen LogP contribution is 2.40. The topological polar surface area (TPSA) is 185 Å². The second kappa shape index (κ2) is 14.1. The summed E-state index contributed by atoms with van der Waals surface area (Å²) in [5, 5.41) is 15.6. The van der Waals surface area contributed by atoms with E-state index < -0.39 is 40.6 Å². The number of aromatic nitrogens is 8. The average Bonchev–Trinajstić information content (AvgIpc) is 3.71. The Bertz CT molecular complexity index is 1970. The molecule has 1 aliphatic heterocycles. The number of carbonyl (C=O) groups is 3. The number of rotatable bonds is 6. The van der Waals surface area contributed by atoms with Gasteiger partial charge in [-0.2, -0.15) is 4.90 Å². The van der Waals surface area contributed by atoms with Crippen molar-refractivity contribution in [2.75, 3.05) is 22.9 Å². The first-order chi connectivity index (χ1) is 24.1. The number of anilines is 2. The second-order valence-corrected chi connectivity index (χ2v) is 16.7. The second-order valence-electron chi connectivity index (χ2n) is 15.4. The molecule has 280 valence electrons. The van der Waals surface area contributed by atoms with E-state index >= 15 is 0 Å². The van der Waals surface area contributed by atoms with Gasteiger partial charge in [-0.05, 0) is 91.3 Å². The molecule has 17 nitrogen and oxygen atoms in total. The van der Waals surface area contributed by atoms with Gasteiger partial charge in [-0.25, -0.2) is 34.0 Å². The van der Waals surface area contributed by atoms with Crippen LogP contribution < -0.4 is 15.1 Å². The summed E-state index contributed by atoms with van der Waals surface area (Å²) in [6.07, 6.45) is 0.683. The lowest BCUT2D eigenvalue weighted by molar-refractivity contribution is 0.0421. The molecule has 1 aromatic carbocycles. The van der Waals surface area contributed by atoms with E-state index in [9.17, 15) is 14.4 Å². The molecule has 1 aliphatic rings. The fourth-order valence-electron chi connectivity index (χ4n) is 5.70. The fraction of sp³-hybridized carbons (Fsp3) is 0.545. The number of ether oxygens (including phenoxy) is 3. The molecule has 52 heavy (non-hydrogen) atoms. The SMILES string of the molecule is Cn1nnnc1[C@@]1(NC(=O)OC(C)(C)C)CCN(c2cc(Cl)cc(Br)c2Cn2cnc3c(N(C(=O)OC(C)(C)C)C(=O)OC(C)(C)C)ncnc32)C1. The van der Waals surface area contributed by atoms with Crippen LogP contribution in [0.4, 0.5) is 25.9 Å². The van der Waals surface area contributed by atoms with Crippen LogP contribution in [0.15, 0.2) is 29.3 Å². The standard InChI is InChI=1S/C33H43BrClN11O6/c1-30(2,3)50-27(47)39-33(26-40-41-42-43(26)10)11-12-44(16-33)22-14-19(35)13-21(34)20(22)15-45-18-38-23-24(45)36-17-37-25(23)46(28(48)51-31(4,5)6)29(49)52-32(7,8)9/h13-14,17-18H,11-12,15-16H2,1-10H3,(H,39,47)/t33-/m1/s1. The summed E-state index contributed by atoms with van der Waals surface area (Å²) in [6, 6.07) is 3.62. The van der Waals surface area contributed by atoms with Crippen LogP contribution in [0.3, 0.4) is 0 Å². The van der Waals surface area contributed by atoms with Crippen molar-refractivity contribution in [2.45, 2.75) is 97.6 Å².